The summed E-state index contributed by atoms with van der Waals surface area (Å²) < 4.78 is 0. The van der Waals surface area contributed by atoms with Crippen molar-refractivity contribution in [3.63, 3.8) is 0 Å². The summed E-state index contributed by atoms with van der Waals surface area (Å²) in [5.74, 6) is 0.603. The Kier molecular flexibility index (Phi) is 9.93. The minimum Gasteiger partial charge on any atom is -0.227 e. The lowest BCUT2D eigenvalue weighted by atomic mass is 9.88. The minimum absolute atomic E-state index is 0.603. The molecule has 0 fully saturated rings. The average molecular weight is 937 g/mol. The van der Waals surface area contributed by atoms with Gasteiger partial charge in [0.15, 0.2) is 5.82 Å². The van der Waals surface area contributed by atoms with E-state index < -0.39 is 0 Å². The highest BCUT2D eigenvalue weighted by Crippen LogP contribution is 2.44. The number of hydrogen-bond donors (Lipinski definition) is 0. The molecule has 0 N–H and O–H groups in total. The van der Waals surface area contributed by atoms with Crippen LogP contribution in [0.1, 0.15) is 11.1 Å². The van der Waals surface area contributed by atoms with Crippen molar-refractivity contribution in [1.29, 1.82) is 10.5 Å². The zero-order valence-corrected chi connectivity index (χ0v) is 39.9. The van der Waals surface area contributed by atoms with E-state index >= 15 is 0 Å². The van der Waals surface area contributed by atoms with Crippen molar-refractivity contribution in [2.24, 2.45) is 0 Å². The summed E-state index contributed by atoms with van der Waals surface area (Å²) in [6.45, 7) is 0. The van der Waals surface area contributed by atoms with Gasteiger partial charge >= 0.3 is 0 Å². The maximum Gasteiger partial charge on any atom is 0.160 e. The Morgan fingerprint density at radius 3 is 1.08 bits per heavy atom. The van der Waals surface area contributed by atoms with Crippen molar-refractivity contribution in [3.05, 3.63) is 254 Å². The molecule has 74 heavy (non-hydrogen) atoms. The second-order valence-electron chi connectivity index (χ2n) is 19.1. The van der Waals surface area contributed by atoms with Gasteiger partial charge < -0.3 is 0 Å². The van der Waals surface area contributed by atoms with Gasteiger partial charge in [-0.3, -0.25) is 0 Å². The van der Waals surface area contributed by atoms with E-state index in [9.17, 15) is 10.5 Å². The fourth-order valence-electron chi connectivity index (χ4n) is 11.3. The number of hydrogen-bond acceptors (Lipinski definition) is 4. The van der Waals surface area contributed by atoms with Crippen LogP contribution in [0.5, 0.6) is 0 Å². The van der Waals surface area contributed by atoms with E-state index in [4.69, 9.17) is 9.97 Å². The molecule has 0 amide bonds. The molecule has 13 aromatic carbocycles. The van der Waals surface area contributed by atoms with Crippen molar-refractivity contribution in [3.8, 4) is 79.3 Å². The lowest BCUT2D eigenvalue weighted by Gasteiger charge is -2.17. The quantitative estimate of drug-likeness (QED) is 0.156. The SMILES string of the molecule is N#Cc1cccc(-c2ccc(-c3nc(-c4ccc(-c5cccc(C#N)c5)cc4)c4cc(-c5ccc6c7ccccc7c7ccccc7c6c5)cc(-c5ccc6c7ccccc7c7ccccc7c6c5)c4n3)cc2)c1. The third-order valence-corrected chi connectivity index (χ3v) is 14.9. The van der Waals surface area contributed by atoms with Gasteiger partial charge in [0.05, 0.1) is 34.5 Å². The number of fused-ring (bicyclic) bond motifs is 13. The number of benzene rings is 13. The van der Waals surface area contributed by atoms with E-state index in [-0.39, 0.29) is 0 Å². The molecule has 14 rings (SSSR count). The Balaban J connectivity index is 1.05. The maximum absolute atomic E-state index is 9.73. The van der Waals surface area contributed by atoms with Crippen molar-refractivity contribution in [2.75, 3.05) is 0 Å². The van der Waals surface area contributed by atoms with Crippen LogP contribution in [0.4, 0.5) is 0 Å². The number of aromatic nitrogens is 2. The Morgan fingerprint density at radius 1 is 0.243 bits per heavy atom. The van der Waals surface area contributed by atoms with Crippen LogP contribution >= 0.6 is 0 Å². The lowest BCUT2D eigenvalue weighted by molar-refractivity contribution is 1.23. The molecule has 0 saturated carbocycles. The number of rotatable bonds is 6. The summed E-state index contributed by atoms with van der Waals surface area (Å²) in [5.41, 5.74) is 12.9. The number of nitrogens with zero attached hydrogens (tertiary/aromatic N) is 4. The molecular formula is C70H40N4. The molecule has 14 aromatic rings. The van der Waals surface area contributed by atoms with Gasteiger partial charge in [0.2, 0.25) is 0 Å². The van der Waals surface area contributed by atoms with Gasteiger partial charge in [-0.1, -0.05) is 194 Å². The molecule has 0 aliphatic rings. The fourth-order valence-corrected chi connectivity index (χ4v) is 11.3. The van der Waals surface area contributed by atoms with Gasteiger partial charge in [-0.25, -0.2) is 9.97 Å². The topological polar surface area (TPSA) is 73.4 Å². The van der Waals surface area contributed by atoms with Crippen LogP contribution in [-0.2, 0) is 0 Å². The zero-order valence-electron chi connectivity index (χ0n) is 39.9. The van der Waals surface area contributed by atoms with Crippen LogP contribution in [-0.4, -0.2) is 9.97 Å². The van der Waals surface area contributed by atoms with Crippen molar-refractivity contribution in [1.82, 2.24) is 9.97 Å². The molecule has 0 spiro atoms. The highest BCUT2D eigenvalue weighted by atomic mass is 14.9. The first-order valence-electron chi connectivity index (χ1n) is 24.8. The van der Waals surface area contributed by atoms with Crippen molar-refractivity contribution < 1.29 is 0 Å². The highest BCUT2D eigenvalue weighted by molar-refractivity contribution is 6.27. The molecule has 4 nitrogen and oxygen atoms in total. The van der Waals surface area contributed by atoms with Gasteiger partial charge in [-0.05, 0) is 152 Å². The van der Waals surface area contributed by atoms with E-state index in [1.165, 1.54) is 64.6 Å². The molecule has 0 aliphatic carbocycles. The van der Waals surface area contributed by atoms with Crippen LogP contribution in [0.15, 0.2) is 243 Å². The third kappa shape index (κ3) is 7.05. The van der Waals surface area contributed by atoms with E-state index in [1.54, 1.807) is 0 Å². The fraction of sp³-hybridized carbons (Fsp3) is 0. The third-order valence-electron chi connectivity index (χ3n) is 14.9. The average Bonchev–Trinajstić information content (AvgIpc) is 3.51. The molecule has 0 radical (unpaired) electrons. The first-order valence-corrected chi connectivity index (χ1v) is 24.8. The standard InChI is InChI=1S/C70H40N4/c71-41-43-11-9-13-49(35-43)45-23-27-47(28-24-45)68-67-40-53(51-31-33-62-58-19-3-1-15-54(58)56-17-5-7-21-60(56)65(62)37-51)39-64(52-32-34-63-59-20-4-2-16-55(59)57-18-6-8-22-61(57)66(63)38-52)69(67)74-70(73-68)48-29-25-46(26-30-48)50-14-10-12-44(36-50)42-72/h1-40H. The second-order valence-corrected chi connectivity index (χ2v) is 19.1. The molecule has 0 unspecified atom stereocenters. The predicted molar refractivity (Wildman–Crippen MR) is 307 cm³/mol. The second kappa shape index (κ2) is 17.3. The number of nitriles is 2. The van der Waals surface area contributed by atoms with Crippen LogP contribution in [0, 0.1) is 22.7 Å². The van der Waals surface area contributed by atoms with E-state index in [0.717, 1.165) is 72.2 Å². The van der Waals surface area contributed by atoms with Crippen LogP contribution in [0.25, 0.3) is 143 Å². The summed E-state index contributed by atoms with van der Waals surface area (Å²) in [6, 6.07) is 90.1. The molecule has 0 saturated heterocycles. The van der Waals surface area contributed by atoms with E-state index in [1.807, 2.05) is 48.5 Å². The van der Waals surface area contributed by atoms with Gasteiger partial charge in [0, 0.05) is 22.1 Å². The largest absolute Gasteiger partial charge is 0.227 e. The molecule has 0 bridgehead atoms. The predicted octanol–water partition coefficient (Wildman–Crippen LogP) is 18.3. The minimum atomic E-state index is 0.603. The molecule has 0 atom stereocenters. The Hall–Kier alpha value is -10.3. The van der Waals surface area contributed by atoms with Crippen LogP contribution in [0.2, 0.25) is 0 Å². The van der Waals surface area contributed by atoms with Gasteiger partial charge in [0.1, 0.15) is 0 Å². The van der Waals surface area contributed by atoms with Crippen LogP contribution in [0.3, 0.4) is 0 Å². The lowest BCUT2D eigenvalue weighted by Crippen LogP contribution is -1.98. The molecule has 1 aromatic heterocycles. The Labute approximate surface area is 426 Å². The molecule has 0 aliphatic heterocycles. The molecular weight excluding hydrogens is 897 g/mol. The first kappa shape index (κ1) is 42.6. The van der Waals surface area contributed by atoms with Crippen LogP contribution < -0.4 is 0 Å². The molecule has 340 valence electrons. The molecule has 1 heterocycles. The highest BCUT2D eigenvalue weighted by Gasteiger charge is 2.20. The maximum atomic E-state index is 9.73. The summed E-state index contributed by atoms with van der Waals surface area (Å²) in [4.78, 5) is 11.1. The summed E-state index contributed by atoms with van der Waals surface area (Å²) in [6.07, 6.45) is 0. The van der Waals surface area contributed by atoms with Crippen molar-refractivity contribution in [2.45, 2.75) is 0 Å². The van der Waals surface area contributed by atoms with Gasteiger partial charge in [-0.2, -0.15) is 10.5 Å². The van der Waals surface area contributed by atoms with E-state index in [0.29, 0.717) is 17.0 Å². The van der Waals surface area contributed by atoms with E-state index in [2.05, 4.69) is 206 Å². The van der Waals surface area contributed by atoms with Gasteiger partial charge in [0.25, 0.3) is 0 Å². The monoisotopic (exact) mass is 936 g/mol. The summed E-state index contributed by atoms with van der Waals surface area (Å²) >= 11 is 0. The Bertz CT molecular complexity index is 4660. The zero-order chi connectivity index (χ0) is 49.3. The van der Waals surface area contributed by atoms with Crippen molar-refractivity contribution >= 4 is 75.5 Å². The smallest absolute Gasteiger partial charge is 0.160 e. The first-order chi connectivity index (χ1) is 36.6. The van der Waals surface area contributed by atoms with Gasteiger partial charge in [-0.15, -0.1) is 0 Å². The summed E-state index contributed by atoms with van der Waals surface area (Å²) in [5, 5.41) is 34.9. The Morgan fingerprint density at radius 2 is 0.608 bits per heavy atom. The normalized spacial score (nSPS) is 11.5. The molecule has 4 heteroatoms. The summed E-state index contributed by atoms with van der Waals surface area (Å²) in [7, 11) is 0.